The van der Waals surface area contributed by atoms with Crippen molar-refractivity contribution in [3.63, 3.8) is 0 Å². The van der Waals surface area contributed by atoms with E-state index in [0.29, 0.717) is 25.4 Å². The standard InChI is InChI=1S/C14H16ClNO4/c15-10-3-1-4-11(12(10)13(17)18)16-6-2-5-14(9-16)19-7-8-20-14/h1,3-4H,2,5-9H2,(H,17,18). The molecule has 0 saturated carbocycles. The van der Waals surface area contributed by atoms with Crippen molar-refractivity contribution in [2.24, 2.45) is 0 Å². The molecular formula is C14H16ClNO4. The number of piperidine rings is 1. The second-order valence-corrected chi connectivity index (χ2v) is 5.48. The van der Waals surface area contributed by atoms with Gasteiger partial charge in [-0.25, -0.2) is 4.79 Å². The predicted molar refractivity (Wildman–Crippen MR) is 74.5 cm³/mol. The van der Waals surface area contributed by atoms with Crippen LogP contribution in [0.4, 0.5) is 5.69 Å². The van der Waals surface area contributed by atoms with E-state index in [4.69, 9.17) is 21.1 Å². The molecule has 1 aromatic carbocycles. The lowest BCUT2D eigenvalue weighted by atomic mass is 10.0. The van der Waals surface area contributed by atoms with Crippen LogP contribution in [0.25, 0.3) is 0 Å². The monoisotopic (exact) mass is 297 g/mol. The molecule has 3 rings (SSSR count). The molecule has 20 heavy (non-hydrogen) atoms. The highest BCUT2D eigenvalue weighted by atomic mass is 35.5. The largest absolute Gasteiger partial charge is 0.478 e. The number of carboxylic acid groups (broad SMARTS) is 1. The second kappa shape index (κ2) is 5.24. The lowest BCUT2D eigenvalue weighted by molar-refractivity contribution is -0.161. The maximum Gasteiger partial charge on any atom is 0.339 e. The van der Waals surface area contributed by atoms with Crippen molar-refractivity contribution in [1.29, 1.82) is 0 Å². The molecule has 0 bridgehead atoms. The van der Waals surface area contributed by atoms with Crippen molar-refractivity contribution in [1.82, 2.24) is 0 Å². The maximum atomic E-state index is 11.4. The summed E-state index contributed by atoms with van der Waals surface area (Å²) in [6.07, 6.45) is 1.73. The molecule has 1 N–H and O–H groups in total. The molecule has 2 aliphatic rings. The summed E-state index contributed by atoms with van der Waals surface area (Å²) in [5, 5.41) is 9.61. The Morgan fingerprint density at radius 2 is 2.10 bits per heavy atom. The predicted octanol–water partition coefficient (Wildman–Crippen LogP) is 2.38. The molecular weight excluding hydrogens is 282 g/mol. The lowest BCUT2D eigenvalue weighted by Gasteiger charge is -2.40. The first kappa shape index (κ1) is 13.7. The van der Waals surface area contributed by atoms with Gasteiger partial charge >= 0.3 is 5.97 Å². The van der Waals surface area contributed by atoms with E-state index >= 15 is 0 Å². The van der Waals surface area contributed by atoms with Crippen molar-refractivity contribution in [2.45, 2.75) is 18.6 Å². The summed E-state index contributed by atoms with van der Waals surface area (Å²) < 4.78 is 11.4. The first-order chi connectivity index (χ1) is 9.61. The first-order valence-electron chi connectivity index (χ1n) is 6.66. The first-order valence-corrected chi connectivity index (χ1v) is 7.04. The minimum Gasteiger partial charge on any atom is -0.478 e. The van der Waals surface area contributed by atoms with Crippen LogP contribution >= 0.6 is 11.6 Å². The topological polar surface area (TPSA) is 59.0 Å². The van der Waals surface area contributed by atoms with E-state index in [1.54, 1.807) is 18.2 Å². The third-order valence-electron chi connectivity index (χ3n) is 3.78. The van der Waals surface area contributed by atoms with Gasteiger partial charge < -0.3 is 19.5 Å². The van der Waals surface area contributed by atoms with Crippen LogP contribution in [0.5, 0.6) is 0 Å². The minimum absolute atomic E-state index is 0.143. The van der Waals surface area contributed by atoms with Crippen LogP contribution in [0.3, 0.4) is 0 Å². The van der Waals surface area contributed by atoms with Crippen molar-refractivity contribution in [3.05, 3.63) is 28.8 Å². The molecule has 0 amide bonds. The number of carboxylic acids is 1. The molecule has 0 radical (unpaired) electrons. The fourth-order valence-electron chi connectivity index (χ4n) is 2.91. The highest BCUT2D eigenvalue weighted by Crippen LogP contribution is 2.35. The van der Waals surface area contributed by atoms with Crippen LogP contribution in [0.2, 0.25) is 5.02 Å². The number of halogens is 1. The third-order valence-corrected chi connectivity index (χ3v) is 4.09. The third kappa shape index (κ3) is 2.37. The molecule has 2 aliphatic heterocycles. The van der Waals surface area contributed by atoms with Crippen molar-refractivity contribution < 1.29 is 19.4 Å². The van der Waals surface area contributed by atoms with E-state index in [1.165, 1.54) is 0 Å². The number of rotatable bonds is 2. The normalized spacial score (nSPS) is 21.4. The molecule has 0 unspecified atom stereocenters. The van der Waals surface area contributed by atoms with Crippen molar-refractivity contribution in [3.8, 4) is 0 Å². The zero-order valence-corrected chi connectivity index (χ0v) is 11.7. The Balaban J connectivity index is 1.93. The fraction of sp³-hybridized carbons (Fsp3) is 0.500. The van der Waals surface area contributed by atoms with E-state index in [2.05, 4.69) is 0 Å². The van der Waals surface area contributed by atoms with Gasteiger partial charge in [-0.1, -0.05) is 17.7 Å². The Kier molecular flexibility index (Phi) is 3.58. The number of nitrogens with zero attached hydrogens (tertiary/aromatic N) is 1. The summed E-state index contributed by atoms with van der Waals surface area (Å²) in [5.41, 5.74) is 0.771. The summed E-state index contributed by atoms with van der Waals surface area (Å²) in [5.74, 6) is -1.60. The Morgan fingerprint density at radius 1 is 1.35 bits per heavy atom. The fourth-order valence-corrected chi connectivity index (χ4v) is 3.16. The lowest BCUT2D eigenvalue weighted by Crippen LogP contribution is -2.49. The van der Waals surface area contributed by atoms with E-state index in [0.717, 1.165) is 19.4 Å². The van der Waals surface area contributed by atoms with Gasteiger partial charge in [-0.15, -0.1) is 0 Å². The number of ether oxygens (including phenoxy) is 2. The molecule has 2 fully saturated rings. The Labute approximate surface area is 122 Å². The maximum absolute atomic E-state index is 11.4. The van der Waals surface area contributed by atoms with E-state index in [-0.39, 0.29) is 10.6 Å². The number of carbonyl (C=O) groups is 1. The highest BCUT2D eigenvalue weighted by Gasteiger charge is 2.41. The summed E-state index contributed by atoms with van der Waals surface area (Å²) in [6.45, 7) is 2.49. The summed E-state index contributed by atoms with van der Waals surface area (Å²) in [4.78, 5) is 13.4. The van der Waals surface area contributed by atoms with Crippen LogP contribution in [0.15, 0.2) is 18.2 Å². The van der Waals surface area contributed by atoms with Crippen LogP contribution in [0, 0.1) is 0 Å². The van der Waals surface area contributed by atoms with Gasteiger partial charge in [0.05, 0.1) is 30.5 Å². The zero-order valence-electron chi connectivity index (χ0n) is 11.0. The van der Waals surface area contributed by atoms with Gasteiger partial charge in [0.2, 0.25) is 0 Å². The number of benzene rings is 1. The van der Waals surface area contributed by atoms with Crippen molar-refractivity contribution in [2.75, 3.05) is 31.2 Å². The van der Waals surface area contributed by atoms with Crippen LogP contribution in [-0.2, 0) is 9.47 Å². The van der Waals surface area contributed by atoms with E-state index in [1.807, 2.05) is 4.90 Å². The van der Waals surface area contributed by atoms with Gasteiger partial charge in [0, 0.05) is 13.0 Å². The van der Waals surface area contributed by atoms with Gasteiger partial charge in [-0.2, -0.15) is 0 Å². The molecule has 1 spiro atoms. The summed E-state index contributed by atoms with van der Waals surface area (Å²) in [7, 11) is 0. The molecule has 6 heteroatoms. The van der Waals surface area contributed by atoms with E-state index < -0.39 is 11.8 Å². The quantitative estimate of drug-likeness (QED) is 0.908. The average molecular weight is 298 g/mol. The molecule has 1 aromatic rings. The Bertz CT molecular complexity index is 528. The second-order valence-electron chi connectivity index (χ2n) is 5.07. The average Bonchev–Trinajstić information content (AvgIpc) is 2.86. The molecule has 0 aromatic heterocycles. The Morgan fingerprint density at radius 3 is 2.80 bits per heavy atom. The molecule has 108 valence electrons. The molecule has 0 atom stereocenters. The van der Waals surface area contributed by atoms with Crippen LogP contribution in [0.1, 0.15) is 23.2 Å². The van der Waals surface area contributed by atoms with Gasteiger partial charge in [0.25, 0.3) is 0 Å². The van der Waals surface area contributed by atoms with Gasteiger partial charge in [-0.05, 0) is 18.6 Å². The smallest absolute Gasteiger partial charge is 0.339 e. The van der Waals surface area contributed by atoms with Crippen LogP contribution < -0.4 is 4.90 Å². The zero-order chi connectivity index (χ0) is 14.2. The molecule has 2 saturated heterocycles. The molecule has 0 aliphatic carbocycles. The van der Waals surface area contributed by atoms with Gasteiger partial charge in [0.1, 0.15) is 5.56 Å². The van der Waals surface area contributed by atoms with Gasteiger partial charge in [0.15, 0.2) is 5.79 Å². The number of hydrogen-bond donors (Lipinski definition) is 1. The SMILES string of the molecule is O=C(O)c1c(Cl)cccc1N1CCCC2(C1)OCCO2. The minimum atomic E-state index is -1.02. The van der Waals surface area contributed by atoms with Crippen molar-refractivity contribution >= 4 is 23.3 Å². The number of anilines is 1. The molecule has 2 heterocycles. The summed E-state index contributed by atoms with van der Waals surface area (Å²) >= 11 is 6.02. The highest BCUT2D eigenvalue weighted by molar-refractivity contribution is 6.34. The number of aromatic carboxylic acids is 1. The molecule has 5 nitrogen and oxygen atoms in total. The summed E-state index contributed by atoms with van der Waals surface area (Å²) in [6, 6.07) is 5.14. The van der Waals surface area contributed by atoms with Crippen LogP contribution in [-0.4, -0.2) is 43.2 Å². The van der Waals surface area contributed by atoms with Gasteiger partial charge in [-0.3, -0.25) is 0 Å². The number of hydrogen-bond acceptors (Lipinski definition) is 4. The van der Waals surface area contributed by atoms with E-state index in [9.17, 15) is 9.90 Å². The Hall–Kier alpha value is -1.30.